The number of nitrogens with zero attached hydrogens (tertiary/aromatic N) is 2. The lowest BCUT2D eigenvalue weighted by atomic mass is 9.89. The second-order valence-corrected chi connectivity index (χ2v) is 5.83. The van der Waals surface area contributed by atoms with Gasteiger partial charge in [-0.3, -0.25) is 4.79 Å². The number of fused-ring (bicyclic) bond motifs is 1. The normalized spacial score (nSPS) is 19.7. The van der Waals surface area contributed by atoms with Crippen LogP contribution in [0.2, 0.25) is 0 Å². The van der Waals surface area contributed by atoms with Crippen LogP contribution >= 0.6 is 0 Å². The first-order chi connectivity index (χ1) is 9.31. The van der Waals surface area contributed by atoms with Gasteiger partial charge in [-0.1, -0.05) is 19.3 Å². The SMILES string of the molecule is N#Cc1c2c(cn(C3CCCCC3)c1=O)CCCC2. The van der Waals surface area contributed by atoms with E-state index in [0.717, 1.165) is 37.7 Å². The average Bonchev–Trinajstić information content (AvgIpc) is 2.47. The molecule has 3 rings (SSSR count). The maximum atomic E-state index is 12.5. The number of aromatic nitrogens is 1. The second-order valence-electron chi connectivity index (χ2n) is 5.83. The third-order valence-electron chi connectivity index (χ3n) is 4.64. The van der Waals surface area contributed by atoms with Crippen LogP contribution in [0.4, 0.5) is 0 Å². The van der Waals surface area contributed by atoms with Gasteiger partial charge in [0.25, 0.3) is 5.56 Å². The van der Waals surface area contributed by atoms with E-state index in [1.165, 1.54) is 31.2 Å². The molecule has 0 N–H and O–H groups in total. The molecule has 0 radical (unpaired) electrons. The Morgan fingerprint density at radius 2 is 1.84 bits per heavy atom. The predicted octanol–water partition coefficient (Wildman–Crippen LogP) is 3.10. The largest absolute Gasteiger partial charge is 0.311 e. The summed E-state index contributed by atoms with van der Waals surface area (Å²) in [4.78, 5) is 12.5. The monoisotopic (exact) mass is 256 g/mol. The van der Waals surface area contributed by atoms with Gasteiger partial charge in [0.15, 0.2) is 0 Å². The van der Waals surface area contributed by atoms with Crippen LogP contribution in [0.1, 0.15) is 67.7 Å². The van der Waals surface area contributed by atoms with E-state index in [0.29, 0.717) is 11.6 Å². The summed E-state index contributed by atoms with van der Waals surface area (Å²) < 4.78 is 1.88. The highest BCUT2D eigenvalue weighted by atomic mass is 16.1. The molecule has 19 heavy (non-hydrogen) atoms. The molecule has 0 unspecified atom stereocenters. The summed E-state index contributed by atoms with van der Waals surface area (Å²) in [5.41, 5.74) is 2.65. The van der Waals surface area contributed by atoms with Gasteiger partial charge in [-0.05, 0) is 49.7 Å². The van der Waals surface area contributed by atoms with Crippen molar-refractivity contribution in [2.75, 3.05) is 0 Å². The molecule has 1 aromatic rings. The smallest absolute Gasteiger partial charge is 0.269 e. The third kappa shape index (κ3) is 2.20. The molecule has 1 saturated carbocycles. The van der Waals surface area contributed by atoms with Gasteiger partial charge in [-0.15, -0.1) is 0 Å². The molecular weight excluding hydrogens is 236 g/mol. The van der Waals surface area contributed by atoms with Crippen molar-refractivity contribution in [3.8, 4) is 6.07 Å². The molecular formula is C16H20N2O. The van der Waals surface area contributed by atoms with E-state index in [4.69, 9.17) is 0 Å². The molecule has 3 nitrogen and oxygen atoms in total. The van der Waals surface area contributed by atoms with Gasteiger partial charge < -0.3 is 4.57 Å². The van der Waals surface area contributed by atoms with Crippen molar-refractivity contribution in [1.82, 2.24) is 4.57 Å². The highest BCUT2D eigenvalue weighted by Crippen LogP contribution is 2.29. The second kappa shape index (κ2) is 5.21. The number of hydrogen-bond donors (Lipinski definition) is 0. The van der Waals surface area contributed by atoms with Crippen LogP contribution in [-0.2, 0) is 12.8 Å². The number of nitriles is 1. The molecule has 2 aliphatic rings. The predicted molar refractivity (Wildman–Crippen MR) is 74.2 cm³/mol. The van der Waals surface area contributed by atoms with E-state index < -0.39 is 0 Å². The Bertz CT molecular complexity index is 574. The molecule has 0 atom stereocenters. The summed E-state index contributed by atoms with van der Waals surface area (Å²) in [6.45, 7) is 0. The highest BCUT2D eigenvalue weighted by molar-refractivity contribution is 5.42. The summed E-state index contributed by atoms with van der Waals surface area (Å²) in [7, 11) is 0. The molecule has 2 aliphatic carbocycles. The van der Waals surface area contributed by atoms with Crippen molar-refractivity contribution in [1.29, 1.82) is 5.26 Å². The Morgan fingerprint density at radius 3 is 2.58 bits per heavy atom. The standard InChI is InChI=1S/C16H20N2O/c17-10-15-14-9-5-4-6-12(14)11-18(16(15)19)13-7-2-1-3-8-13/h11,13H,1-9H2. The van der Waals surface area contributed by atoms with Crippen molar-refractivity contribution < 1.29 is 0 Å². The number of rotatable bonds is 1. The number of hydrogen-bond acceptors (Lipinski definition) is 2. The Labute approximate surface area is 113 Å². The van der Waals surface area contributed by atoms with Gasteiger partial charge in [0.05, 0.1) is 0 Å². The molecule has 1 fully saturated rings. The number of pyridine rings is 1. The molecule has 0 aliphatic heterocycles. The van der Waals surface area contributed by atoms with E-state index in [2.05, 4.69) is 12.3 Å². The zero-order valence-electron chi connectivity index (χ0n) is 11.3. The van der Waals surface area contributed by atoms with Gasteiger partial charge >= 0.3 is 0 Å². The fraction of sp³-hybridized carbons (Fsp3) is 0.625. The summed E-state index contributed by atoms with van der Waals surface area (Å²) in [5, 5.41) is 9.33. The van der Waals surface area contributed by atoms with Crippen LogP contribution in [0.5, 0.6) is 0 Å². The minimum absolute atomic E-state index is 0.0462. The van der Waals surface area contributed by atoms with Crippen molar-refractivity contribution >= 4 is 0 Å². The first-order valence-electron chi connectivity index (χ1n) is 7.48. The maximum Gasteiger partial charge on any atom is 0.269 e. The molecule has 1 heterocycles. The van der Waals surface area contributed by atoms with Crippen LogP contribution in [0.25, 0.3) is 0 Å². The van der Waals surface area contributed by atoms with Crippen LogP contribution < -0.4 is 5.56 Å². The van der Waals surface area contributed by atoms with Crippen LogP contribution in [0, 0.1) is 11.3 Å². The van der Waals surface area contributed by atoms with Gasteiger partial charge in [0.1, 0.15) is 11.6 Å². The van der Waals surface area contributed by atoms with E-state index in [1.54, 1.807) is 0 Å². The van der Waals surface area contributed by atoms with Crippen LogP contribution in [0.3, 0.4) is 0 Å². The summed E-state index contributed by atoms with van der Waals surface area (Å²) in [5.74, 6) is 0. The van der Waals surface area contributed by atoms with Crippen molar-refractivity contribution in [2.45, 2.75) is 63.8 Å². The summed E-state index contributed by atoms with van der Waals surface area (Å²) >= 11 is 0. The third-order valence-corrected chi connectivity index (χ3v) is 4.64. The zero-order chi connectivity index (χ0) is 13.2. The Morgan fingerprint density at radius 1 is 1.11 bits per heavy atom. The minimum Gasteiger partial charge on any atom is -0.311 e. The first kappa shape index (κ1) is 12.5. The lowest BCUT2D eigenvalue weighted by Crippen LogP contribution is -2.30. The molecule has 0 bridgehead atoms. The zero-order valence-corrected chi connectivity index (χ0v) is 11.3. The van der Waals surface area contributed by atoms with Crippen molar-refractivity contribution in [3.05, 3.63) is 33.2 Å². The summed E-state index contributed by atoms with van der Waals surface area (Å²) in [6.07, 6.45) is 12.1. The molecule has 0 amide bonds. The molecule has 0 saturated heterocycles. The Balaban J connectivity index is 2.10. The van der Waals surface area contributed by atoms with Crippen LogP contribution in [0.15, 0.2) is 11.0 Å². The van der Waals surface area contributed by atoms with E-state index >= 15 is 0 Å². The topological polar surface area (TPSA) is 45.8 Å². The molecule has 0 aromatic carbocycles. The van der Waals surface area contributed by atoms with E-state index in [9.17, 15) is 10.1 Å². The fourth-order valence-corrected chi connectivity index (χ4v) is 3.59. The van der Waals surface area contributed by atoms with E-state index in [-0.39, 0.29) is 5.56 Å². The van der Waals surface area contributed by atoms with E-state index in [1.807, 2.05) is 4.57 Å². The van der Waals surface area contributed by atoms with Crippen LogP contribution in [-0.4, -0.2) is 4.57 Å². The average molecular weight is 256 g/mol. The molecule has 100 valence electrons. The minimum atomic E-state index is -0.0462. The first-order valence-corrected chi connectivity index (χ1v) is 7.48. The Hall–Kier alpha value is -1.56. The van der Waals surface area contributed by atoms with Gasteiger partial charge in [0, 0.05) is 12.2 Å². The van der Waals surface area contributed by atoms with Gasteiger partial charge in [-0.25, -0.2) is 0 Å². The molecule has 3 heteroatoms. The molecule has 1 aromatic heterocycles. The highest BCUT2D eigenvalue weighted by Gasteiger charge is 2.22. The summed E-state index contributed by atoms with van der Waals surface area (Å²) in [6, 6.07) is 2.49. The van der Waals surface area contributed by atoms with Crippen molar-refractivity contribution in [2.24, 2.45) is 0 Å². The lowest BCUT2D eigenvalue weighted by Gasteiger charge is -2.26. The molecule has 0 spiro atoms. The quantitative estimate of drug-likeness (QED) is 0.775. The maximum absolute atomic E-state index is 12.5. The van der Waals surface area contributed by atoms with Gasteiger partial charge in [-0.2, -0.15) is 5.26 Å². The lowest BCUT2D eigenvalue weighted by molar-refractivity contribution is 0.344. The Kier molecular flexibility index (Phi) is 3.42. The van der Waals surface area contributed by atoms with Crippen molar-refractivity contribution in [3.63, 3.8) is 0 Å². The fourth-order valence-electron chi connectivity index (χ4n) is 3.59. The van der Waals surface area contributed by atoms with Gasteiger partial charge in [0.2, 0.25) is 0 Å². The number of aryl methyl sites for hydroxylation is 1.